The van der Waals surface area contributed by atoms with Crippen molar-refractivity contribution >= 4 is 33.1 Å². The Labute approximate surface area is 220 Å². The van der Waals surface area contributed by atoms with Crippen molar-refractivity contribution in [3.8, 4) is 38.8 Å². The van der Waals surface area contributed by atoms with Crippen LogP contribution in [0, 0.1) is 5.13 Å². The van der Waals surface area contributed by atoms with Gasteiger partial charge in [0.25, 0.3) is 0 Å². The number of aromatic nitrogens is 5. The number of aromatic amines is 2. The maximum Gasteiger partial charge on any atom is 0.176 e. The van der Waals surface area contributed by atoms with E-state index in [0.717, 1.165) is 71.8 Å². The van der Waals surface area contributed by atoms with Crippen LogP contribution in [0.2, 0.25) is 0 Å². The SMILES string of the molecule is Fc1ccc(-c2cccc3[nH]c(-c4n[nH]c5cnc(-c6cncc(OCc7ccccc7)c6)cc45)cc23)s1. The second-order valence-corrected chi connectivity index (χ2v) is 9.96. The van der Waals surface area contributed by atoms with E-state index in [-0.39, 0.29) is 5.13 Å². The van der Waals surface area contributed by atoms with E-state index >= 15 is 0 Å². The van der Waals surface area contributed by atoms with Crippen molar-refractivity contribution in [2.75, 3.05) is 0 Å². The second-order valence-electron chi connectivity index (χ2n) is 8.92. The molecule has 0 amide bonds. The van der Waals surface area contributed by atoms with Crippen molar-refractivity contribution in [3.05, 3.63) is 108 Å². The Hall–Kier alpha value is -4.82. The summed E-state index contributed by atoms with van der Waals surface area (Å²) in [7, 11) is 0. The van der Waals surface area contributed by atoms with Crippen LogP contribution in [0.1, 0.15) is 5.56 Å². The van der Waals surface area contributed by atoms with Gasteiger partial charge in [-0.05, 0) is 42.0 Å². The minimum Gasteiger partial charge on any atom is -0.487 e. The van der Waals surface area contributed by atoms with Gasteiger partial charge in [0.2, 0.25) is 0 Å². The van der Waals surface area contributed by atoms with E-state index in [1.165, 1.54) is 6.07 Å². The average Bonchev–Trinajstić information content (AvgIpc) is 3.70. The van der Waals surface area contributed by atoms with Crippen molar-refractivity contribution in [3.63, 3.8) is 0 Å². The van der Waals surface area contributed by atoms with Crippen LogP contribution in [0.5, 0.6) is 5.75 Å². The van der Waals surface area contributed by atoms with E-state index < -0.39 is 0 Å². The molecule has 0 radical (unpaired) electrons. The zero-order chi connectivity index (χ0) is 25.5. The number of nitrogens with one attached hydrogen (secondary N) is 2. The van der Waals surface area contributed by atoms with Gasteiger partial charge in [-0.1, -0.05) is 42.5 Å². The van der Waals surface area contributed by atoms with Crippen LogP contribution in [-0.2, 0) is 6.61 Å². The van der Waals surface area contributed by atoms with Gasteiger partial charge < -0.3 is 9.72 Å². The number of rotatable bonds is 6. The maximum atomic E-state index is 13.7. The zero-order valence-corrected chi connectivity index (χ0v) is 20.8. The molecule has 0 atom stereocenters. The number of pyridine rings is 2. The molecule has 2 aromatic carbocycles. The minimum absolute atomic E-state index is 0.199. The van der Waals surface area contributed by atoms with Gasteiger partial charge in [0.05, 0.1) is 29.3 Å². The highest BCUT2D eigenvalue weighted by Gasteiger charge is 2.16. The molecule has 0 saturated heterocycles. The Kier molecular flexibility index (Phi) is 5.44. The highest BCUT2D eigenvalue weighted by molar-refractivity contribution is 7.14. The first-order valence-corrected chi connectivity index (χ1v) is 12.9. The van der Waals surface area contributed by atoms with E-state index in [9.17, 15) is 4.39 Å². The minimum atomic E-state index is -0.199. The molecule has 0 aliphatic rings. The van der Waals surface area contributed by atoms with Crippen molar-refractivity contribution in [2.45, 2.75) is 6.61 Å². The Morgan fingerprint density at radius 1 is 0.842 bits per heavy atom. The lowest BCUT2D eigenvalue weighted by molar-refractivity contribution is 0.305. The molecule has 2 N–H and O–H groups in total. The summed E-state index contributed by atoms with van der Waals surface area (Å²) in [6, 6.07) is 25.3. The molecule has 6 nitrogen and oxygen atoms in total. The van der Waals surface area contributed by atoms with Crippen molar-refractivity contribution in [2.24, 2.45) is 0 Å². The van der Waals surface area contributed by atoms with Crippen LogP contribution >= 0.6 is 11.3 Å². The first-order valence-electron chi connectivity index (χ1n) is 12.1. The smallest absolute Gasteiger partial charge is 0.176 e. The van der Waals surface area contributed by atoms with Crippen LogP contribution in [0.15, 0.2) is 97.5 Å². The Bertz CT molecular complexity index is 1910. The molecule has 0 spiro atoms. The normalized spacial score (nSPS) is 11.4. The summed E-state index contributed by atoms with van der Waals surface area (Å²) in [5.74, 6) is 0.675. The van der Waals surface area contributed by atoms with Gasteiger partial charge in [-0.25, -0.2) is 0 Å². The fraction of sp³-hybridized carbons (Fsp3) is 0.0333. The lowest BCUT2D eigenvalue weighted by Gasteiger charge is -2.08. The zero-order valence-electron chi connectivity index (χ0n) is 20.0. The third kappa shape index (κ3) is 4.10. The summed E-state index contributed by atoms with van der Waals surface area (Å²) >= 11 is 1.14. The van der Waals surface area contributed by atoms with E-state index in [1.807, 2.05) is 66.7 Å². The van der Waals surface area contributed by atoms with Gasteiger partial charge >= 0.3 is 0 Å². The van der Waals surface area contributed by atoms with Crippen molar-refractivity contribution in [1.82, 2.24) is 25.1 Å². The Morgan fingerprint density at radius 2 is 1.76 bits per heavy atom. The molecule has 8 heteroatoms. The summed E-state index contributed by atoms with van der Waals surface area (Å²) in [6.07, 6.45) is 5.26. The molecule has 5 heterocycles. The lowest BCUT2D eigenvalue weighted by Crippen LogP contribution is -1.96. The van der Waals surface area contributed by atoms with Crippen LogP contribution in [0.4, 0.5) is 4.39 Å². The quantitative estimate of drug-likeness (QED) is 0.238. The number of benzene rings is 2. The van der Waals surface area contributed by atoms with Crippen LogP contribution in [0.3, 0.4) is 0 Å². The molecule has 0 bridgehead atoms. The molecule has 7 rings (SSSR count). The summed E-state index contributed by atoms with van der Waals surface area (Å²) in [5, 5.41) is 9.43. The number of thiophene rings is 1. The lowest BCUT2D eigenvalue weighted by atomic mass is 10.1. The first-order chi connectivity index (χ1) is 18.7. The predicted molar refractivity (Wildman–Crippen MR) is 148 cm³/mol. The number of ether oxygens (including phenoxy) is 1. The van der Waals surface area contributed by atoms with Crippen molar-refractivity contribution in [1.29, 1.82) is 0 Å². The van der Waals surface area contributed by atoms with Crippen molar-refractivity contribution < 1.29 is 9.13 Å². The molecule has 0 fully saturated rings. The molecule has 7 aromatic rings. The summed E-state index contributed by atoms with van der Waals surface area (Å²) in [5.41, 5.74) is 7.13. The van der Waals surface area contributed by atoms with Crippen LogP contribution < -0.4 is 4.74 Å². The maximum absolute atomic E-state index is 13.7. The van der Waals surface area contributed by atoms with Gasteiger partial charge in [0, 0.05) is 38.5 Å². The Morgan fingerprint density at radius 3 is 2.63 bits per heavy atom. The number of hydrogen-bond donors (Lipinski definition) is 2. The van der Waals surface area contributed by atoms with Crippen LogP contribution in [0.25, 0.3) is 54.9 Å². The monoisotopic (exact) mass is 517 g/mol. The molecule has 0 saturated carbocycles. The number of fused-ring (bicyclic) bond motifs is 2. The van der Waals surface area contributed by atoms with Gasteiger partial charge in [-0.15, -0.1) is 11.3 Å². The molecular weight excluding hydrogens is 497 g/mol. The average molecular weight is 518 g/mol. The highest BCUT2D eigenvalue weighted by Crippen LogP contribution is 2.37. The first kappa shape index (κ1) is 22.4. The van der Waals surface area contributed by atoms with E-state index in [4.69, 9.17) is 4.74 Å². The molecular formula is C30H20FN5OS. The third-order valence-corrected chi connectivity index (χ3v) is 7.37. The highest BCUT2D eigenvalue weighted by atomic mass is 32.1. The summed E-state index contributed by atoms with van der Waals surface area (Å²) < 4.78 is 19.7. The third-order valence-electron chi connectivity index (χ3n) is 6.46. The molecule has 0 aliphatic heterocycles. The molecule has 0 aliphatic carbocycles. The summed E-state index contributed by atoms with van der Waals surface area (Å²) in [4.78, 5) is 13.4. The summed E-state index contributed by atoms with van der Waals surface area (Å²) in [6.45, 7) is 0.463. The Balaban J connectivity index is 1.24. The fourth-order valence-corrected chi connectivity index (χ4v) is 5.39. The van der Waals surface area contributed by atoms with Gasteiger partial charge in [-0.3, -0.25) is 15.1 Å². The number of hydrogen-bond acceptors (Lipinski definition) is 5. The number of H-pyrrole nitrogens is 2. The topological polar surface area (TPSA) is 79.5 Å². The standard InChI is InChI=1S/C30H20FN5OS/c31-29-10-9-28(38-29)21-7-4-8-24-22(21)12-26(34-24)30-23-13-25(33-16-27(23)35-36-30)19-11-20(15-32-14-19)37-17-18-5-2-1-3-6-18/h1-16,34H,17H2,(H,35,36). The predicted octanol–water partition coefficient (Wildman–Crippen LogP) is 7.61. The van der Waals surface area contributed by atoms with E-state index in [2.05, 4.69) is 31.2 Å². The van der Waals surface area contributed by atoms with E-state index in [0.29, 0.717) is 12.4 Å². The fourth-order valence-electron chi connectivity index (χ4n) is 4.62. The molecule has 184 valence electrons. The van der Waals surface area contributed by atoms with E-state index in [1.54, 1.807) is 18.6 Å². The molecule has 5 aromatic heterocycles. The largest absolute Gasteiger partial charge is 0.487 e. The van der Waals surface area contributed by atoms with Gasteiger partial charge in [-0.2, -0.15) is 9.49 Å². The van der Waals surface area contributed by atoms with Gasteiger partial charge in [0.1, 0.15) is 18.1 Å². The van der Waals surface area contributed by atoms with Gasteiger partial charge in [0.15, 0.2) is 5.13 Å². The molecule has 38 heavy (non-hydrogen) atoms. The number of nitrogens with zero attached hydrogens (tertiary/aromatic N) is 3. The van der Waals surface area contributed by atoms with Crippen LogP contribution in [-0.4, -0.2) is 25.1 Å². The number of halogens is 1. The molecule has 0 unspecified atom stereocenters. The second kappa shape index (κ2) is 9.24.